The zero-order chi connectivity index (χ0) is 20.0. The van der Waals surface area contributed by atoms with Crippen molar-refractivity contribution in [1.29, 1.82) is 0 Å². The molecule has 29 heavy (non-hydrogen) atoms. The number of piperidine rings is 1. The van der Waals surface area contributed by atoms with Gasteiger partial charge in [0.05, 0.1) is 30.8 Å². The lowest BCUT2D eigenvalue weighted by Gasteiger charge is -2.24. The van der Waals surface area contributed by atoms with E-state index in [-0.39, 0.29) is 17.6 Å². The van der Waals surface area contributed by atoms with E-state index < -0.39 is 11.6 Å². The number of pyridine rings is 1. The summed E-state index contributed by atoms with van der Waals surface area (Å²) >= 11 is 0. The molecule has 2 N–H and O–H groups in total. The second-order valence-corrected chi connectivity index (χ2v) is 7.63. The molecule has 0 amide bonds. The summed E-state index contributed by atoms with van der Waals surface area (Å²) in [7, 11) is 1.60. The lowest BCUT2D eigenvalue weighted by molar-refractivity contribution is 0.403. The molecule has 1 atom stereocenters. The van der Waals surface area contributed by atoms with Gasteiger partial charge in [0.25, 0.3) is 0 Å². The van der Waals surface area contributed by atoms with Crippen molar-refractivity contribution in [1.82, 2.24) is 24.9 Å². The highest BCUT2D eigenvalue weighted by molar-refractivity contribution is 5.76. The molecule has 2 fully saturated rings. The molecule has 0 unspecified atom stereocenters. The molecule has 1 aliphatic heterocycles. The van der Waals surface area contributed by atoms with Crippen LogP contribution in [0.15, 0.2) is 18.5 Å². The predicted molar refractivity (Wildman–Crippen MR) is 104 cm³/mol. The van der Waals surface area contributed by atoms with Crippen molar-refractivity contribution in [2.75, 3.05) is 25.5 Å². The van der Waals surface area contributed by atoms with Crippen LogP contribution in [0.1, 0.15) is 37.3 Å². The van der Waals surface area contributed by atoms with Crippen molar-refractivity contribution >= 4 is 11.5 Å². The molecule has 4 heterocycles. The lowest BCUT2D eigenvalue weighted by atomic mass is 10.1. The van der Waals surface area contributed by atoms with Crippen LogP contribution in [-0.4, -0.2) is 45.8 Å². The SMILES string of the molecule is COc1cn2ncc(-c3nc(N[C@@H]4CCCNC4)c(F)cc3F)c2nc1C1CC1. The van der Waals surface area contributed by atoms with E-state index in [1.807, 2.05) is 0 Å². The van der Waals surface area contributed by atoms with Crippen LogP contribution in [0, 0.1) is 11.6 Å². The minimum atomic E-state index is -0.740. The maximum atomic E-state index is 14.7. The van der Waals surface area contributed by atoms with E-state index in [0.29, 0.717) is 22.9 Å². The quantitative estimate of drug-likeness (QED) is 0.685. The molecule has 5 rings (SSSR count). The monoisotopic (exact) mass is 400 g/mol. The Balaban J connectivity index is 1.57. The van der Waals surface area contributed by atoms with Crippen LogP contribution in [-0.2, 0) is 0 Å². The van der Waals surface area contributed by atoms with E-state index in [1.54, 1.807) is 17.8 Å². The molecule has 1 aliphatic carbocycles. The Morgan fingerprint density at radius 3 is 2.79 bits per heavy atom. The summed E-state index contributed by atoms with van der Waals surface area (Å²) in [5.41, 5.74) is 1.79. The highest BCUT2D eigenvalue weighted by Gasteiger charge is 2.30. The van der Waals surface area contributed by atoms with E-state index in [4.69, 9.17) is 9.72 Å². The molecule has 7 nitrogen and oxygen atoms in total. The third-order valence-electron chi connectivity index (χ3n) is 5.49. The Bertz CT molecular complexity index is 1060. The summed E-state index contributed by atoms with van der Waals surface area (Å²) in [6.07, 6.45) is 7.26. The molecule has 1 saturated heterocycles. The Kier molecular flexibility index (Phi) is 4.54. The second kappa shape index (κ2) is 7.22. The van der Waals surface area contributed by atoms with Gasteiger partial charge in [-0.2, -0.15) is 5.10 Å². The third kappa shape index (κ3) is 3.39. The van der Waals surface area contributed by atoms with E-state index in [0.717, 1.165) is 50.5 Å². The first kappa shape index (κ1) is 18.2. The zero-order valence-corrected chi connectivity index (χ0v) is 16.1. The van der Waals surface area contributed by atoms with Crippen LogP contribution in [0.3, 0.4) is 0 Å². The van der Waals surface area contributed by atoms with Crippen molar-refractivity contribution in [2.45, 2.75) is 37.6 Å². The van der Waals surface area contributed by atoms with Crippen LogP contribution in [0.5, 0.6) is 5.75 Å². The predicted octanol–water partition coefficient (Wildman–Crippen LogP) is 3.12. The van der Waals surface area contributed by atoms with Crippen molar-refractivity contribution in [3.05, 3.63) is 35.8 Å². The van der Waals surface area contributed by atoms with E-state index in [1.165, 1.54) is 6.20 Å². The van der Waals surface area contributed by atoms with Gasteiger partial charge in [-0.3, -0.25) is 0 Å². The van der Waals surface area contributed by atoms with Gasteiger partial charge in [-0.15, -0.1) is 0 Å². The minimum absolute atomic E-state index is 0.0343. The van der Waals surface area contributed by atoms with Crippen molar-refractivity contribution in [3.8, 4) is 17.0 Å². The number of hydrogen-bond donors (Lipinski definition) is 2. The highest BCUT2D eigenvalue weighted by Crippen LogP contribution is 2.43. The van der Waals surface area contributed by atoms with Crippen molar-refractivity contribution in [3.63, 3.8) is 0 Å². The number of aromatic nitrogens is 4. The Morgan fingerprint density at radius 2 is 2.07 bits per heavy atom. The van der Waals surface area contributed by atoms with Crippen LogP contribution < -0.4 is 15.4 Å². The molecule has 1 saturated carbocycles. The molecular formula is C20H22F2N6O. The number of nitrogens with zero attached hydrogens (tertiary/aromatic N) is 4. The molecule has 9 heteroatoms. The standard InChI is InChI=1S/C20H22F2N6O/c1-29-16-10-28-20(27-17(16)11-4-5-11)13(9-24-28)18-14(21)7-15(22)19(26-18)25-12-3-2-6-23-8-12/h7,9-12,23H,2-6,8H2,1H3,(H,25,26)/t12-/m1/s1. The third-order valence-corrected chi connectivity index (χ3v) is 5.49. The lowest BCUT2D eigenvalue weighted by Crippen LogP contribution is -2.38. The number of ether oxygens (including phenoxy) is 1. The molecular weight excluding hydrogens is 378 g/mol. The maximum absolute atomic E-state index is 14.7. The topological polar surface area (TPSA) is 76.4 Å². The van der Waals surface area contributed by atoms with Crippen LogP contribution in [0.2, 0.25) is 0 Å². The van der Waals surface area contributed by atoms with E-state index in [9.17, 15) is 8.78 Å². The molecule has 2 aliphatic rings. The molecule has 0 spiro atoms. The van der Waals surface area contributed by atoms with Gasteiger partial charge in [-0.1, -0.05) is 0 Å². The van der Waals surface area contributed by atoms with Crippen LogP contribution in [0.4, 0.5) is 14.6 Å². The first-order chi connectivity index (χ1) is 14.1. The molecule has 3 aromatic heterocycles. The number of fused-ring (bicyclic) bond motifs is 1. The van der Waals surface area contributed by atoms with E-state index in [2.05, 4.69) is 20.7 Å². The Hall–Kier alpha value is -2.81. The zero-order valence-electron chi connectivity index (χ0n) is 16.1. The average Bonchev–Trinajstić information content (AvgIpc) is 3.50. The Labute approximate surface area is 166 Å². The minimum Gasteiger partial charge on any atom is -0.493 e. The van der Waals surface area contributed by atoms with Gasteiger partial charge in [0.1, 0.15) is 5.69 Å². The number of halogens is 2. The Morgan fingerprint density at radius 1 is 1.21 bits per heavy atom. The van der Waals surface area contributed by atoms with Gasteiger partial charge in [0.15, 0.2) is 28.8 Å². The fourth-order valence-corrected chi connectivity index (χ4v) is 3.81. The highest BCUT2D eigenvalue weighted by atomic mass is 19.1. The van der Waals surface area contributed by atoms with Gasteiger partial charge in [0, 0.05) is 24.6 Å². The number of rotatable bonds is 5. The summed E-state index contributed by atoms with van der Waals surface area (Å²) in [6.45, 7) is 1.67. The summed E-state index contributed by atoms with van der Waals surface area (Å²) in [4.78, 5) is 8.98. The number of anilines is 1. The van der Waals surface area contributed by atoms with Gasteiger partial charge in [0.2, 0.25) is 0 Å². The number of hydrogen-bond acceptors (Lipinski definition) is 6. The van der Waals surface area contributed by atoms with Crippen LogP contribution >= 0.6 is 0 Å². The van der Waals surface area contributed by atoms with Gasteiger partial charge in [-0.05, 0) is 32.2 Å². The summed E-state index contributed by atoms with van der Waals surface area (Å²) in [6, 6.07) is 0.923. The second-order valence-electron chi connectivity index (χ2n) is 7.63. The average molecular weight is 400 g/mol. The normalized spacial score (nSPS) is 19.5. The van der Waals surface area contributed by atoms with Crippen molar-refractivity contribution < 1.29 is 13.5 Å². The molecule has 0 bridgehead atoms. The first-order valence-corrected chi connectivity index (χ1v) is 9.90. The van der Waals surface area contributed by atoms with Gasteiger partial charge >= 0.3 is 0 Å². The summed E-state index contributed by atoms with van der Waals surface area (Å²) in [5, 5.41) is 10.6. The molecule has 0 aromatic carbocycles. The fourth-order valence-electron chi connectivity index (χ4n) is 3.81. The molecule has 3 aromatic rings. The first-order valence-electron chi connectivity index (χ1n) is 9.90. The fraction of sp³-hybridized carbons (Fsp3) is 0.450. The molecule has 152 valence electrons. The number of nitrogens with one attached hydrogen (secondary N) is 2. The van der Waals surface area contributed by atoms with Crippen molar-refractivity contribution in [2.24, 2.45) is 0 Å². The van der Waals surface area contributed by atoms with Gasteiger partial charge in [-0.25, -0.2) is 23.3 Å². The van der Waals surface area contributed by atoms with Gasteiger partial charge < -0.3 is 15.4 Å². The summed E-state index contributed by atoms with van der Waals surface area (Å²) < 4.78 is 36.0. The largest absolute Gasteiger partial charge is 0.493 e. The maximum Gasteiger partial charge on any atom is 0.168 e. The van der Waals surface area contributed by atoms with E-state index >= 15 is 0 Å². The number of methoxy groups -OCH3 is 1. The van der Waals surface area contributed by atoms with Crippen LogP contribution in [0.25, 0.3) is 16.9 Å². The summed E-state index contributed by atoms with van der Waals surface area (Å²) in [5.74, 6) is -0.392. The molecule has 0 radical (unpaired) electrons. The smallest absolute Gasteiger partial charge is 0.168 e.